The number of alkyl halides is 3. The van der Waals surface area contributed by atoms with Crippen LogP contribution in [0.2, 0.25) is 0 Å². The minimum Gasteiger partial charge on any atom is -0.406 e. The Morgan fingerprint density at radius 1 is 1.02 bits per heavy atom. The van der Waals surface area contributed by atoms with E-state index in [1.54, 1.807) is 0 Å². The van der Waals surface area contributed by atoms with Gasteiger partial charge in [0.25, 0.3) is 0 Å². The minimum atomic E-state index is -4.75. The van der Waals surface area contributed by atoms with Crippen LogP contribution in [0, 0.1) is 12.3 Å². The van der Waals surface area contributed by atoms with E-state index in [1.807, 2.05) is 53.3 Å². The molecule has 0 aliphatic rings. The maximum atomic E-state index is 12.9. The number of hydrogen-bond donors (Lipinski definition) is 1. The van der Waals surface area contributed by atoms with Gasteiger partial charge < -0.3 is 10.1 Å². The number of hydrogen-bond acceptors (Lipinski definition) is 5. The number of aromatic nitrogens is 4. The highest BCUT2D eigenvalue weighted by atomic mass is 32.1. The number of ether oxygens (including phenoxy) is 1. The Bertz CT molecular complexity index is 1870. The normalized spacial score (nSPS) is 12.5. The number of para-hydroxylation sites is 1. The first-order valence-corrected chi connectivity index (χ1v) is 15.6. The van der Waals surface area contributed by atoms with Crippen molar-refractivity contribution in [1.29, 1.82) is 0 Å². The number of amides is 2. The van der Waals surface area contributed by atoms with Gasteiger partial charge in [0.2, 0.25) is 0 Å². The highest BCUT2D eigenvalue weighted by Crippen LogP contribution is 2.26. The van der Waals surface area contributed by atoms with E-state index in [0.717, 1.165) is 22.5 Å². The van der Waals surface area contributed by atoms with Crippen molar-refractivity contribution in [2.24, 2.45) is 10.4 Å². The Kier molecular flexibility index (Phi) is 9.47. The molecule has 5 aromatic rings. The Labute approximate surface area is 269 Å². The Morgan fingerprint density at radius 2 is 1.72 bits per heavy atom. The predicted molar refractivity (Wildman–Crippen MR) is 172 cm³/mol. The lowest BCUT2D eigenvalue weighted by molar-refractivity contribution is -0.274. The maximum Gasteiger partial charge on any atom is 0.573 e. The summed E-state index contributed by atoms with van der Waals surface area (Å²) in [7, 11) is 0. The molecule has 46 heavy (non-hydrogen) atoms. The van der Waals surface area contributed by atoms with Crippen molar-refractivity contribution < 1.29 is 22.7 Å². The molecule has 12 heteroatoms. The number of urea groups is 1. The summed E-state index contributed by atoms with van der Waals surface area (Å²) in [6.45, 7) is 10.9. The number of benzene rings is 3. The van der Waals surface area contributed by atoms with E-state index in [2.05, 4.69) is 65.0 Å². The number of nitrogens with zero attached hydrogens (tertiary/aromatic N) is 5. The summed E-state index contributed by atoms with van der Waals surface area (Å²) < 4.78 is 44.8. The van der Waals surface area contributed by atoms with Crippen LogP contribution < -0.4 is 14.9 Å². The van der Waals surface area contributed by atoms with Gasteiger partial charge in [0.1, 0.15) is 12.1 Å². The predicted octanol–water partition coefficient (Wildman–Crippen LogP) is 8.00. The van der Waals surface area contributed by atoms with E-state index in [-0.39, 0.29) is 17.2 Å². The lowest BCUT2D eigenvalue weighted by Gasteiger charge is -2.24. The molecule has 0 atom stereocenters. The van der Waals surface area contributed by atoms with E-state index in [9.17, 15) is 18.0 Å². The Balaban J connectivity index is 1.21. The first-order valence-electron chi connectivity index (χ1n) is 14.7. The monoisotopic (exact) mass is 648 g/mol. The van der Waals surface area contributed by atoms with Crippen molar-refractivity contribution in [3.05, 3.63) is 106 Å². The summed E-state index contributed by atoms with van der Waals surface area (Å²) in [5, 5.41) is 9.46. The van der Waals surface area contributed by atoms with Crippen molar-refractivity contribution in [3.8, 4) is 28.5 Å². The third kappa shape index (κ3) is 8.11. The molecule has 5 rings (SSSR count). The third-order valence-electron chi connectivity index (χ3n) is 7.32. The second kappa shape index (κ2) is 13.3. The van der Waals surface area contributed by atoms with Crippen LogP contribution in [0.3, 0.4) is 0 Å². The van der Waals surface area contributed by atoms with Gasteiger partial charge in [-0.15, -0.1) is 29.6 Å². The average molecular weight is 649 g/mol. The number of carbonyl (C=O) groups is 1. The van der Waals surface area contributed by atoms with Gasteiger partial charge in [-0.05, 0) is 66.1 Å². The van der Waals surface area contributed by atoms with Gasteiger partial charge in [-0.1, -0.05) is 70.2 Å². The van der Waals surface area contributed by atoms with Gasteiger partial charge in [-0.3, -0.25) is 4.57 Å². The zero-order valence-electron chi connectivity index (χ0n) is 26.2. The Morgan fingerprint density at radius 3 is 2.39 bits per heavy atom. The first kappa shape index (κ1) is 32.7. The molecule has 0 aliphatic carbocycles. The fraction of sp³-hybridized carbons (Fsp3) is 0.294. The second-order valence-corrected chi connectivity index (χ2v) is 12.9. The van der Waals surface area contributed by atoms with E-state index in [0.29, 0.717) is 35.2 Å². The number of rotatable bonds is 9. The van der Waals surface area contributed by atoms with Gasteiger partial charge >= 0.3 is 12.4 Å². The summed E-state index contributed by atoms with van der Waals surface area (Å²) >= 11 is 1.44. The molecule has 0 aliphatic heterocycles. The lowest BCUT2D eigenvalue weighted by atomic mass is 9.85. The molecule has 1 N–H and O–H groups in total. The smallest absolute Gasteiger partial charge is 0.406 e. The SMILES string of the molecule is Cc1cs/c(=N\C(=O)NCC(C)(C)Cc2ccc(-c3ncn(-c4ccc(OC(F)(F)F)cc4)n3)cc2)n1-c1ccccc1C(C)C. The number of halogens is 3. The summed E-state index contributed by atoms with van der Waals surface area (Å²) in [5.74, 6) is 0.495. The fourth-order valence-electron chi connectivity index (χ4n) is 5.09. The van der Waals surface area contributed by atoms with Gasteiger partial charge in [0.15, 0.2) is 10.6 Å². The molecule has 0 bridgehead atoms. The quantitative estimate of drug-likeness (QED) is 0.176. The van der Waals surface area contributed by atoms with Gasteiger partial charge in [-0.25, -0.2) is 14.5 Å². The molecule has 0 saturated heterocycles. The molecule has 0 unspecified atom stereocenters. The van der Waals surface area contributed by atoms with Crippen molar-refractivity contribution >= 4 is 17.4 Å². The van der Waals surface area contributed by atoms with Crippen molar-refractivity contribution in [2.75, 3.05) is 6.54 Å². The summed E-state index contributed by atoms with van der Waals surface area (Å²) in [6, 6.07) is 21.0. The molecule has 2 heterocycles. The lowest BCUT2D eigenvalue weighted by Crippen LogP contribution is -2.35. The molecule has 2 aromatic heterocycles. The molecule has 0 fully saturated rings. The zero-order valence-corrected chi connectivity index (χ0v) is 27.0. The number of carbonyl (C=O) groups excluding carboxylic acids is 1. The van der Waals surface area contributed by atoms with Crippen molar-refractivity contribution in [2.45, 2.75) is 53.3 Å². The van der Waals surface area contributed by atoms with E-state index < -0.39 is 6.36 Å². The zero-order chi connectivity index (χ0) is 33.1. The standard InChI is InChI=1S/C34H35F3N6O2S/c1-22(2)28-8-6-7-9-29(28)43-23(3)19-46-32(43)40-31(44)38-20-33(4,5)18-24-10-12-25(13-11-24)30-39-21-42(41-30)26-14-16-27(17-15-26)45-34(35,36)37/h6-17,19,21-22H,18,20H2,1-5H3,(H,38,44)/b40-32-. The van der Waals surface area contributed by atoms with Gasteiger partial charge in [0.05, 0.1) is 11.4 Å². The number of nitrogens with one attached hydrogen (secondary N) is 1. The van der Waals surface area contributed by atoms with Crippen LogP contribution in [0.5, 0.6) is 5.75 Å². The molecule has 8 nitrogen and oxygen atoms in total. The van der Waals surface area contributed by atoms with Crippen LogP contribution >= 0.6 is 11.3 Å². The number of thiazole rings is 1. The minimum absolute atomic E-state index is 0.250. The van der Waals surface area contributed by atoms with Crippen LogP contribution in [0.25, 0.3) is 22.8 Å². The molecule has 0 saturated carbocycles. The van der Waals surface area contributed by atoms with Crippen LogP contribution in [0.4, 0.5) is 18.0 Å². The third-order valence-corrected chi connectivity index (χ3v) is 8.26. The molecule has 0 radical (unpaired) electrons. The van der Waals surface area contributed by atoms with Crippen LogP contribution in [0.1, 0.15) is 50.4 Å². The summed E-state index contributed by atoms with van der Waals surface area (Å²) in [4.78, 5) is 22.3. The van der Waals surface area contributed by atoms with Crippen LogP contribution in [0.15, 0.2) is 89.5 Å². The van der Waals surface area contributed by atoms with Gasteiger partial charge in [0, 0.05) is 23.2 Å². The summed E-state index contributed by atoms with van der Waals surface area (Å²) in [5.41, 5.74) is 5.41. The van der Waals surface area contributed by atoms with E-state index >= 15 is 0 Å². The second-order valence-electron chi connectivity index (χ2n) is 12.1. The topological polar surface area (TPSA) is 86.3 Å². The first-order chi connectivity index (χ1) is 21.8. The summed E-state index contributed by atoms with van der Waals surface area (Å²) in [6.07, 6.45) is -2.54. The highest BCUT2D eigenvalue weighted by molar-refractivity contribution is 7.07. The molecular formula is C34H35F3N6O2S. The maximum absolute atomic E-state index is 12.9. The van der Waals surface area contributed by atoms with Crippen molar-refractivity contribution in [1.82, 2.24) is 24.6 Å². The van der Waals surface area contributed by atoms with Crippen LogP contribution in [-0.2, 0) is 6.42 Å². The molecule has 240 valence electrons. The van der Waals surface area contributed by atoms with Crippen molar-refractivity contribution in [3.63, 3.8) is 0 Å². The molecule has 0 spiro atoms. The number of aryl methyl sites for hydroxylation is 1. The fourth-order valence-corrected chi connectivity index (χ4v) is 5.96. The largest absolute Gasteiger partial charge is 0.573 e. The average Bonchev–Trinajstić information content (AvgIpc) is 3.63. The van der Waals surface area contributed by atoms with E-state index in [4.69, 9.17) is 0 Å². The van der Waals surface area contributed by atoms with Gasteiger partial charge in [-0.2, -0.15) is 4.99 Å². The highest BCUT2D eigenvalue weighted by Gasteiger charge is 2.31. The van der Waals surface area contributed by atoms with Crippen LogP contribution in [-0.4, -0.2) is 38.3 Å². The van der Waals surface area contributed by atoms with E-state index in [1.165, 1.54) is 52.2 Å². The molecule has 2 amide bonds. The molecule has 3 aromatic carbocycles. The molecular weight excluding hydrogens is 613 g/mol. The Hall–Kier alpha value is -4.71.